The van der Waals surface area contributed by atoms with Crippen molar-refractivity contribution >= 4 is 11.7 Å². The Hall–Kier alpha value is -1.75. The maximum Gasteiger partial charge on any atom is 0.321 e. The molecule has 1 saturated carbocycles. The summed E-state index contributed by atoms with van der Waals surface area (Å²) in [7, 11) is 0. The zero-order chi connectivity index (χ0) is 17.8. The summed E-state index contributed by atoms with van der Waals surface area (Å²) in [6, 6.07) is 5.78. The topological polar surface area (TPSA) is 61.8 Å². The average molecular weight is 346 g/mol. The van der Waals surface area contributed by atoms with Gasteiger partial charge in [0.05, 0.1) is 12.2 Å². The maximum absolute atomic E-state index is 12.6. The van der Waals surface area contributed by atoms with Gasteiger partial charge in [0.25, 0.3) is 0 Å². The number of rotatable bonds is 4. The Balaban J connectivity index is 1.59. The van der Waals surface area contributed by atoms with Crippen LogP contribution in [-0.2, 0) is 0 Å². The molecule has 2 amide bonds. The minimum Gasteiger partial charge on any atom is -0.490 e. The van der Waals surface area contributed by atoms with Gasteiger partial charge in [0, 0.05) is 24.3 Å². The molecule has 1 unspecified atom stereocenters. The zero-order valence-electron chi connectivity index (χ0n) is 15.3. The molecule has 0 radical (unpaired) electrons. The van der Waals surface area contributed by atoms with Crippen molar-refractivity contribution in [3.8, 4) is 5.75 Å². The minimum absolute atomic E-state index is 0.0647. The Kier molecular flexibility index (Phi) is 5.84. The fourth-order valence-corrected chi connectivity index (χ4v) is 3.84. The second-order valence-corrected chi connectivity index (χ2v) is 7.45. The Morgan fingerprint density at radius 2 is 1.92 bits per heavy atom. The Labute approximate surface area is 150 Å². The van der Waals surface area contributed by atoms with Gasteiger partial charge < -0.3 is 20.1 Å². The molecular formula is C20H30N2O3. The number of nitrogens with one attached hydrogen (secondary N) is 1. The van der Waals surface area contributed by atoms with Gasteiger partial charge in [-0.1, -0.05) is 6.07 Å². The molecule has 5 heteroatoms. The highest BCUT2D eigenvalue weighted by Crippen LogP contribution is 2.30. The number of likely N-dealkylation sites (tertiary alicyclic amines) is 1. The standard InChI is InChI=1S/C20H30N2O3/c1-14-18(8-5-9-19(14)25-17-6-3-4-7-17)21-20(24)22-12-10-16(11-13-22)15(2)23/h5,8-9,15-17,23H,3-4,6-7,10-13H2,1-2H3,(H,21,24). The molecule has 2 fully saturated rings. The van der Waals surface area contributed by atoms with Gasteiger partial charge in [0.1, 0.15) is 5.75 Å². The molecule has 3 rings (SSSR count). The summed E-state index contributed by atoms with van der Waals surface area (Å²) in [6.45, 7) is 5.22. The lowest BCUT2D eigenvalue weighted by Gasteiger charge is -2.33. The number of nitrogens with zero attached hydrogens (tertiary/aromatic N) is 1. The molecule has 1 aromatic carbocycles. The lowest BCUT2D eigenvalue weighted by atomic mass is 9.92. The number of ether oxygens (including phenoxy) is 1. The Bertz CT molecular complexity index is 589. The molecule has 1 saturated heterocycles. The van der Waals surface area contributed by atoms with Crippen molar-refractivity contribution in [1.29, 1.82) is 0 Å². The highest BCUT2D eigenvalue weighted by molar-refractivity contribution is 5.90. The van der Waals surface area contributed by atoms with Gasteiger partial charge >= 0.3 is 6.03 Å². The smallest absolute Gasteiger partial charge is 0.321 e. The number of hydrogen-bond donors (Lipinski definition) is 2. The first-order valence-electron chi connectivity index (χ1n) is 9.55. The summed E-state index contributed by atoms with van der Waals surface area (Å²) in [4.78, 5) is 14.4. The number of urea groups is 1. The average Bonchev–Trinajstić information content (AvgIpc) is 3.11. The van der Waals surface area contributed by atoms with Crippen molar-refractivity contribution in [2.75, 3.05) is 18.4 Å². The van der Waals surface area contributed by atoms with E-state index in [9.17, 15) is 9.90 Å². The third kappa shape index (κ3) is 4.46. The van der Waals surface area contributed by atoms with Crippen LogP contribution in [0, 0.1) is 12.8 Å². The maximum atomic E-state index is 12.6. The monoisotopic (exact) mass is 346 g/mol. The van der Waals surface area contributed by atoms with E-state index in [1.54, 1.807) is 0 Å². The summed E-state index contributed by atoms with van der Waals surface area (Å²) in [5.74, 6) is 1.17. The summed E-state index contributed by atoms with van der Waals surface area (Å²) in [5.41, 5.74) is 1.81. The van der Waals surface area contributed by atoms with Crippen LogP contribution in [0.4, 0.5) is 10.5 Å². The number of amides is 2. The molecule has 1 heterocycles. The lowest BCUT2D eigenvalue weighted by molar-refractivity contribution is 0.0820. The molecule has 5 nitrogen and oxygen atoms in total. The summed E-state index contributed by atoms with van der Waals surface area (Å²) in [5, 5.41) is 12.7. The molecule has 2 aliphatic rings. The van der Waals surface area contributed by atoms with Crippen molar-refractivity contribution in [3.63, 3.8) is 0 Å². The number of aliphatic hydroxyl groups is 1. The van der Waals surface area contributed by atoms with Crippen LogP contribution in [0.3, 0.4) is 0 Å². The van der Waals surface area contributed by atoms with Crippen molar-refractivity contribution in [1.82, 2.24) is 4.90 Å². The third-order valence-corrected chi connectivity index (χ3v) is 5.63. The van der Waals surface area contributed by atoms with Gasteiger partial charge in [-0.05, 0) is 70.4 Å². The highest BCUT2D eigenvalue weighted by atomic mass is 16.5. The van der Waals surface area contributed by atoms with Crippen molar-refractivity contribution < 1.29 is 14.6 Å². The first-order valence-corrected chi connectivity index (χ1v) is 9.55. The van der Waals surface area contributed by atoms with Gasteiger partial charge in [-0.25, -0.2) is 4.79 Å². The number of hydrogen-bond acceptors (Lipinski definition) is 3. The van der Waals surface area contributed by atoms with E-state index in [-0.39, 0.29) is 12.1 Å². The van der Waals surface area contributed by atoms with Crippen LogP contribution in [0.1, 0.15) is 51.0 Å². The van der Waals surface area contributed by atoms with Crippen LogP contribution in [0.2, 0.25) is 0 Å². The van der Waals surface area contributed by atoms with Gasteiger partial charge in [-0.2, -0.15) is 0 Å². The van der Waals surface area contributed by atoms with Crippen LogP contribution in [-0.4, -0.2) is 41.3 Å². The van der Waals surface area contributed by atoms with Crippen molar-refractivity contribution in [3.05, 3.63) is 23.8 Å². The molecule has 1 atom stereocenters. The van der Waals surface area contributed by atoms with Crippen LogP contribution in [0.25, 0.3) is 0 Å². The number of carbonyl (C=O) groups excluding carboxylic acids is 1. The van der Waals surface area contributed by atoms with Gasteiger partial charge in [0.2, 0.25) is 0 Å². The van der Waals surface area contributed by atoms with E-state index in [0.29, 0.717) is 25.1 Å². The Morgan fingerprint density at radius 3 is 2.56 bits per heavy atom. The second-order valence-electron chi connectivity index (χ2n) is 7.45. The predicted octanol–water partition coefficient (Wildman–Crippen LogP) is 3.94. The van der Waals surface area contributed by atoms with Gasteiger partial charge in [0.15, 0.2) is 0 Å². The molecular weight excluding hydrogens is 316 g/mol. The minimum atomic E-state index is -0.295. The molecule has 0 aromatic heterocycles. The first-order chi connectivity index (χ1) is 12.0. The molecule has 2 N–H and O–H groups in total. The number of aliphatic hydroxyl groups excluding tert-OH is 1. The van der Waals surface area contributed by atoms with Crippen LogP contribution < -0.4 is 10.1 Å². The van der Waals surface area contributed by atoms with Gasteiger partial charge in [-0.15, -0.1) is 0 Å². The van der Waals surface area contributed by atoms with E-state index in [2.05, 4.69) is 5.32 Å². The fraction of sp³-hybridized carbons (Fsp3) is 0.650. The van der Waals surface area contributed by atoms with Crippen molar-refractivity contribution in [2.45, 2.75) is 64.6 Å². The molecule has 1 aliphatic heterocycles. The zero-order valence-corrected chi connectivity index (χ0v) is 15.3. The molecule has 25 heavy (non-hydrogen) atoms. The highest BCUT2D eigenvalue weighted by Gasteiger charge is 2.26. The van der Waals surface area contributed by atoms with E-state index in [1.807, 2.05) is 36.9 Å². The lowest BCUT2D eigenvalue weighted by Crippen LogP contribution is -2.42. The normalized spacial score (nSPS) is 20.5. The van der Waals surface area contributed by atoms with E-state index >= 15 is 0 Å². The Morgan fingerprint density at radius 1 is 1.24 bits per heavy atom. The second kappa shape index (κ2) is 8.09. The SMILES string of the molecule is Cc1c(NC(=O)N2CCC(C(C)O)CC2)cccc1OC1CCCC1. The van der Waals surface area contributed by atoms with Gasteiger partial charge in [-0.3, -0.25) is 0 Å². The van der Waals surface area contributed by atoms with Crippen LogP contribution >= 0.6 is 0 Å². The number of carbonyl (C=O) groups is 1. The third-order valence-electron chi connectivity index (χ3n) is 5.63. The quantitative estimate of drug-likeness (QED) is 0.868. The molecule has 138 valence electrons. The van der Waals surface area contributed by atoms with E-state index < -0.39 is 0 Å². The molecule has 0 bridgehead atoms. The first kappa shape index (κ1) is 18.1. The van der Waals surface area contributed by atoms with Crippen LogP contribution in [0.15, 0.2) is 18.2 Å². The molecule has 0 spiro atoms. The number of anilines is 1. The fourth-order valence-electron chi connectivity index (χ4n) is 3.84. The van der Waals surface area contributed by atoms with Crippen molar-refractivity contribution in [2.24, 2.45) is 5.92 Å². The summed E-state index contributed by atoms with van der Waals surface area (Å²) < 4.78 is 6.12. The molecule has 1 aliphatic carbocycles. The largest absolute Gasteiger partial charge is 0.490 e. The summed E-state index contributed by atoms with van der Waals surface area (Å²) >= 11 is 0. The van der Waals surface area contributed by atoms with E-state index in [0.717, 1.165) is 42.7 Å². The van der Waals surface area contributed by atoms with E-state index in [4.69, 9.17) is 4.74 Å². The number of benzene rings is 1. The van der Waals surface area contributed by atoms with Crippen LogP contribution in [0.5, 0.6) is 5.75 Å². The predicted molar refractivity (Wildman–Crippen MR) is 99.1 cm³/mol. The van der Waals surface area contributed by atoms with E-state index in [1.165, 1.54) is 12.8 Å². The molecule has 1 aromatic rings. The number of piperidine rings is 1. The summed E-state index contributed by atoms with van der Waals surface area (Å²) in [6.07, 6.45) is 6.44.